The quantitative estimate of drug-likeness (QED) is 0.649. The van der Waals surface area contributed by atoms with Crippen LogP contribution in [0.1, 0.15) is 76.7 Å². The average Bonchev–Trinajstić information content (AvgIpc) is 3.18. The summed E-state index contributed by atoms with van der Waals surface area (Å²) in [5.41, 5.74) is 3.07. The van der Waals surface area contributed by atoms with Crippen molar-refractivity contribution >= 4 is 17.8 Å². The summed E-state index contributed by atoms with van der Waals surface area (Å²) in [5.74, 6) is 0.0699. The lowest BCUT2D eigenvalue weighted by molar-refractivity contribution is -0.135. The van der Waals surface area contributed by atoms with Gasteiger partial charge in [0.2, 0.25) is 5.91 Å². The Morgan fingerprint density at radius 3 is 2.78 bits per heavy atom. The van der Waals surface area contributed by atoms with Crippen molar-refractivity contribution in [3.05, 3.63) is 52.3 Å². The predicted molar refractivity (Wildman–Crippen MR) is 136 cm³/mol. The normalized spacial score (nSPS) is 19.2. The van der Waals surface area contributed by atoms with E-state index in [4.69, 9.17) is 9.47 Å². The van der Waals surface area contributed by atoms with E-state index in [1.54, 1.807) is 25.7 Å². The Balaban J connectivity index is 1.61. The number of carbonyl (C=O) groups is 3. The Labute approximate surface area is 212 Å². The molecule has 0 spiro atoms. The molecule has 0 aliphatic carbocycles. The van der Waals surface area contributed by atoms with Gasteiger partial charge in [-0.3, -0.25) is 9.59 Å². The number of esters is 1. The summed E-state index contributed by atoms with van der Waals surface area (Å²) >= 11 is 0. The molecule has 1 fully saturated rings. The van der Waals surface area contributed by atoms with E-state index in [9.17, 15) is 14.4 Å². The molecule has 1 saturated heterocycles. The Hall–Kier alpha value is -3.29. The van der Waals surface area contributed by atoms with Gasteiger partial charge >= 0.3 is 5.97 Å². The van der Waals surface area contributed by atoms with Gasteiger partial charge < -0.3 is 24.3 Å². The maximum atomic E-state index is 13.8. The maximum Gasteiger partial charge on any atom is 0.355 e. The molecule has 8 nitrogen and oxygen atoms in total. The number of hydrogen-bond donors (Lipinski definition) is 1. The molecule has 2 bridgehead atoms. The number of piperidine rings is 1. The van der Waals surface area contributed by atoms with Crippen LogP contribution in [0.25, 0.3) is 0 Å². The summed E-state index contributed by atoms with van der Waals surface area (Å²) in [6, 6.07) is 8.32. The molecule has 2 amide bonds. The third-order valence-electron chi connectivity index (χ3n) is 7.20. The van der Waals surface area contributed by atoms with Gasteiger partial charge in [-0.15, -0.1) is 0 Å². The molecule has 1 aromatic heterocycles. The predicted octanol–water partition coefficient (Wildman–Crippen LogP) is 4.05. The van der Waals surface area contributed by atoms with Crippen LogP contribution in [0.15, 0.2) is 24.3 Å². The van der Waals surface area contributed by atoms with E-state index in [1.807, 2.05) is 17.0 Å². The second-order valence-electron chi connectivity index (χ2n) is 9.70. The third-order valence-corrected chi connectivity index (χ3v) is 7.20. The van der Waals surface area contributed by atoms with Gasteiger partial charge in [-0.05, 0) is 82.6 Å². The van der Waals surface area contributed by atoms with Gasteiger partial charge in [0.15, 0.2) is 0 Å². The van der Waals surface area contributed by atoms with Gasteiger partial charge in [0, 0.05) is 24.8 Å². The van der Waals surface area contributed by atoms with E-state index in [-0.39, 0.29) is 36.7 Å². The fourth-order valence-electron chi connectivity index (χ4n) is 5.34. The second-order valence-corrected chi connectivity index (χ2v) is 9.70. The van der Waals surface area contributed by atoms with Crippen molar-refractivity contribution in [2.75, 3.05) is 32.8 Å². The third kappa shape index (κ3) is 5.74. The van der Waals surface area contributed by atoms with Crippen molar-refractivity contribution in [1.82, 2.24) is 14.8 Å². The number of nitrogens with one attached hydrogen (secondary N) is 1. The van der Waals surface area contributed by atoms with Gasteiger partial charge in [-0.2, -0.15) is 0 Å². The first-order valence-corrected chi connectivity index (χ1v) is 13.1. The highest BCUT2D eigenvalue weighted by Crippen LogP contribution is 2.25. The van der Waals surface area contributed by atoms with Gasteiger partial charge in [0.05, 0.1) is 18.8 Å². The van der Waals surface area contributed by atoms with Crippen LogP contribution >= 0.6 is 0 Å². The molecular weight excluding hydrogens is 458 g/mol. The molecule has 4 rings (SSSR count). The van der Waals surface area contributed by atoms with E-state index >= 15 is 0 Å². The number of aromatic amines is 1. The topological polar surface area (TPSA) is 91.9 Å². The lowest BCUT2D eigenvalue weighted by Gasteiger charge is -2.37. The van der Waals surface area contributed by atoms with Crippen molar-refractivity contribution in [2.24, 2.45) is 0 Å². The number of aromatic nitrogens is 1. The number of benzene rings is 1. The van der Waals surface area contributed by atoms with Gasteiger partial charge in [-0.1, -0.05) is 12.1 Å². The van der Waals surface area contributed by atoms with Crippen molar-refractivity contribution in [3.8, 4) is 5.75 Å². The van der Waals surface area contributed by atoms with Crippen molar-refractivity contribution in [2.45, 2.75) is 65.3 Å². The smallest absolute Gasteiger partial charge is 0.355 e. The monoisotopic (exact) mass is 495 g/mol. The SMILES string of the molecule is CCOC(=O)c1[nH]c(C)c(C(=O)N2CCCOc3cccc(c3)CCC3CCCCN3C(=O)C2)c1C. The number of ether oxygens (including phenoxy) is 2. The van der Waals surface area contributed by atoms with Crippen LogP contribution in [0.4, 0.5) is 0 Å². The zero-order chi connectivity index (χ0) is 25.7. The van der Waals surface area contributed by atoms with Crippen molar-refractivity contribution < 1.29 is 23.9 Å². The molecule has 1 aromatic carbocycles. The summed E-state index contributed by atoms with van der Waals surface area (Å²) in [4.78, 5) is 46.3. The number of nitrogens with zero attached hydrogens (tertiary/aromatic N) is 2. The van der Waals surface area contributed by atoms with Crippen LogP contribution < -0.4 is 4.74 Å². The molecule has 194 valence electrons. The number of amides is 2. The van der Waals surface area contributed by atoms with E-state index in [1.165, 1.54) is 5.56 Å². The summed E-state index contributed by atoms with van der Waals surface area (Å²) in [7, 11) is 0. The van der Waals surface area contributed by atoms with Crippen molar-refractivity contribution in [3.63, 3.8) is 0 Å². The highest BCUT2D eigenvalue weighted by molar-refractivity contribution is 6.02. The van der Waals surface area contributed by atoms with Crippen LogP contribution in [-0.4, -0.2) is 71.5 Å². The first-order valence-electron chi connectivity index (χ1n) is 13.1. The average molecular weight is 496 g/mol. The van der Waals surface area contributed by atoms with Crippen LogP contribution in [0.3, 0.4) is 0 Å². The molecular formula is C28H37N3O5. The number of rotatable bonds is 3. The molecule has 2 aromatic rings. The molecule has 3 heterocycles. The summed E-state index contributed by atoms with van der Waals surface area (Å²) in [6.07, 6.45) is 5.43. The standard InChI is InChI=1S/C28H37N3O5/c1-4-35-28(34)26-19(2)25(20(3)29-26)27(33)30-14-8-16-36-23-11-7-9-21(17-23)12-13-22-10-5-6-15-31(22)24(32)18-30/h7,9,11,17,22,29H,4-6,8,10,12-16,18H2,1-3H3. The van der Waals surface area contributed by atoms with E-state index in [0.717, 1.165) is 44.4 Å². The molecule has 2 aliphatic rings. The number of fused-ring (bicyclic) bond motifs is 3. The van der Waals surface area contributed by atoms with E-state index in [0.29, 0.717) is 36.4 Å². The number of aryl methyl sites for hydroxylation is 2. The molecule has 2 aliphatic heterocycles. The van der Waals surface area contributed by atoms with Crippen LogP contribution in [0, 0.1) is 13.8 Å². The number of hydrogen-bond acceptors (Lipinski definition) is 5. The van der Waals surface area contributed by atoms with Gasteiger partial charge in [0.1, 0.15) is 18.0 Å². The van der Waals surface area contributed by atoms with E-state index in [2.05, 4.69) is 17.1 Å². The second kappa shape index (κ2) is 11.6. The minimum Gasteiger partial charge on any atom is -0.494 e. The molecule has 1 N–H and O–H groups in total. The summed E-state index contributed by atoms with van der Waals surface area (Å²) in [5, 5.41) is 0. The molecule has 0 saturated carbocycles. The Morgan fingerprint density at radius 2 is 1.97 bits per heavy atom. The fourth-order valence-corrected chi connectivity index (χ4v) is 5.34. The highest BCUT2D eigenvalue weighted by atomic mass is 16.5. The van der Waals surface area contributed by atoms with Crippen molar-refractivity contribution in [1.29, 1.82) is 0 Å². The largest absolute Gasteiger partial charge is 0.494 e. The zero-order valence-corrected chi connectivity index (χ0v) is 21.6. The number of carbonyl (C=O) groups excluding carboxylic acids is 3. The molecule has 8 heteroatoms. The summed E-state index contributed by atoms with van der Waals surface area (Å²) in [6.45, 7) is 7.06. The first-order chi connectivity index (χ1) is 17.4. The Bertz CT molecular complexity index is 1110. The zero-order valence-electron chi connectivity index (χ0n) is 21.6. The van der Waals surface area contributed by atoms with Gasteiger partial charge in [-0.25, -0.2) is 4.79 Å². The van der Waals surface area contributed by atoms with E-state index < -0.39 is 5.97 Å². The first kappa shape index (κ1) is 25.8. The fraction of sp³-hybridized carbons (Fsp3) is 0.536. The minimum absolute atomic E-state index is 0.0133. The summed E-state index contributed by atoms with van der Waals surface area (Å²) < 4.78 is 11.1. The van der Waals surface area contributed by atoms with Crippen LogP contribution in [0.2, 0.25) is 0 Å². The maximum absolute atomic E-state index is 13.8. The Kier molecular flexibility index (Phi) is 8.33. The molecule has 1 unspecified atom stereocenters. The van der Waals surface area contributed by atoms with Crippen LogP contribution in [0.5, 0.6) is 5.75 Å². The molecule has 0 radical (unpaired) electrons. The number of H-pyrrole nitrogens is 1. The molecule has 36 heavy (non-hydrogen) atoms. The Morgan fingerprint density at radius 1 is 1.14 bits per heavy atom. The highest BCUT2D eigenvalue weighted by Gasteiger charge is 2.31. The lowest BCUT2D eigenvalue weighted by atomic mass is 9.95. The van der Waals surface area contributed by atoms with Gasteiger partial charge in [0.25, 0.3) is 5.91 Å². The van der Waals surface area contributed by atoms with Crippen LogP contribution in [-0.2, 0) is 16.0 Å². The lowest BCUT2D eigenvalue weighted by Crippen LogP contribution is -2.49. The molecule has 1 atom stereocenters. The minimum atomic E-state index is -0.485.